The van der Waals surface area contributed by atoms with E-state index in [4.69, 9.17) is 4.74 Å². The first-order valence-corrected chi connectivity index (χ1v) is 6.81. The van der Waals surface area contributed by atoms with Crippen LogP contribution >= 0.6 is 0 Å². The lowest BCUT2D eigenvalue weighted by Crippen LogP contribution is -2.14. The average molecular weight is 300 g/mol. The van der Waals surface area contributed by atoms with E-state index in [1.165, 1.54) is 12.1 Å². The molecule has 1 amide bonds. The van der Waals surface area contributed by atoms with Crippen molar-refractivity contribution in [3.63, 3.8) is 0 Å². The maximum atomic E-state index is 12.4. The van der Waals surface area contributed by atoms with Crippen molar-refractivity contribution < 1.29 is 14.5 Å². The highest BCUT2D eigenvalue weighted by molar-refractivity contribution is 6.06. The largest absolute Gasteiger partial charge is 0.493 e. The van der Waals surface area contributed by atoms with Gasteiger partial charge in [0.25, 0.3) is 11.6 Å². The van der Waals surface area contributed by atoms with Gasteiger partial charge in [0.05, 0.1) is 28.3 Å². The Morgan fingerprint density at radius 2 is 1.95 bits per heavy atom. The van der Waals surface area contributed by atoms with Crippen molar-refractivity contribution in [1.29, 1.82) is 0 Å². The molecule has 6 heteroatoms. The maximum absolute atomic E-state index is 12.4. The summed E-state index contributed by atoms with van der Waals surface area (Å²) in [6, 6.07) is 11.4. The van der Waals surface area contributed by atoms with Gasteiger partial charge in [-0.1, -0.05) is 18.2 Å². The Morgan fingerprint density at radius 1 is 1.23 bits per heavy atom. The van der Waals surface area contributed by atoms with E-state index >= 15 is 0 Å². The fourth-order valence-corrected chi connectivity index (χ4v) is 2.08. The minimum absolute atomic E-state index is 0.0316. The topological polar surface area (TPSA) is 81.5 Å². The van der Waals surface area contributed by atoms with Crippen molar-refractivity contribution in [3.05, 3.63) is 63.7 Å². The second-order valence-electron chi connectivity index (χ2n) is 4.59. The summed E-state index contributed by atoms with van der Waals surface area (Å²) in [4.78, 5) is 22.9. The number of nitrogens with zero attached hydrogens (tertiary/aromatic N) is 1. The van der Waals surface area contributed by atoms with Gasteiger partial charge >= 0.3 is 0 Å². The molecule has 0 saturated heterocycles. The zero-order chi connectivity index (χ0) is 16.1. The molecule has 0 bridgehead atoms. The van der Waals surface area contributed by atoms with Gasteiger partial charge in [-0.2, -0.15) is 0 Å². The number of carbonyl (C=O) groups is 1. The van der Waals surface area contributed by atoms with Gasteiger partial charge in [0, 0.05) is 6.07 Å². The summed E-state index contributed by atoms with van der Waals surface area (Å²) < 4.78 is 5.42. The third-order valence-electron chi connectivity index (χ3n) is 3.18. The zero-order valence-electron chi connectivity index (χ0n) is 12.3. The summed E-state index contributed by atoms with van der Waals surface area (Å²) >= 11 is 0. The van der Waals surface area contributed by atoms with Gasteiger partial charge in [0.15, 0.2) is 0 Å². The van der Waals surface area contributed by atoms with E-state index in [1.54, 1.807) is 37.3 Å². The maximum Gasteiger partial charge on any atom is 0.274 e. The Labute approximate surface area is 127 Å². The van der Waals surface area contributed by atoms with Crippen LogP contribution in [0, 0.1) is 17.0 Å². The van der Waals surface area contributed by atoms with E-state index < -0.39 is 4.92 Å². The fourth-order valence-electron chi connectivity index (χ4n) is 2.08. The van der Waals surface area contributed by atoms with Crippen LogP contribution in [-0.2, 0) is 0 Å². The Kier molecular flexibility index (Phi) is 4.73. The molecule has 0 atom stereocenters. The van der Waals surface area contributed by atoms with Crippen LogP contribution in [-0.4, -0.2) is 17.4 Å². The molecule has 2 aromatic rings. The molecule has 1 N–H and O–H groups in total. The lowest BCUT2D eigenvalue weighted by atomic mass is 10.1. The number of amides is 1. The normalized spacial score (nSPS) is 10.1. The van der Waals surface area contributed by atoms with Crippen molar-refractivity contribution in [1.82, 2.24) is 0 Å². The number of nitrogens with one attached hydrogen (secondary N) is 1. The molecule has 0 unspecified atom stereocenters. The van der Waals surface area contributed by atoms with Gasteiger partial charge in [0.2, 0.25) is 0 Å². The van der Waals surface area contributed by atoms with Crippen LogP contribution in [0.3, 0.4) is 0 Å². The smallest absolute Gasteiger partial charge is 0.274 e. The standard InChI is InChI=1S/C16H16N2O4/c1-3-22-15-10-5-4-7-12(15)16(19)17-13-8-6-9-14(11(13)2)18(20)21/h4-10H,3H2,1-2H3,(H,17,19). The van der Waals surface area contributed by atoms with Crippen LogP contribution in [0.15, 0.2) is 42.5 Å². The molecule has 0 heterocycles. The minimum atomic E-state index is -0.473. The summed E-state index contributed by atoms with van der Waals surface area (Å²) in [6.07, 6.45) is 0. The highest BCUT2D eigenvalue weighted by atomic mass is 16.6. The summed E-state index contributed by atoms with van der Waals surface area (Å²) in [6.45, 7) is 3.88. The summed E-state index contributed by atoms with van der Waals surface area (Å²) in [5.74, 6) is 0.109. The molecule has 6 nitrogen and oxygen atoms in total. The predicted molar refractivity (Wildman–Crippen MR) is 83.4 cm³/mol. The molecule has 0 saturated carbocycles. The Balaban J connectivity index is 2.30. The molecule has 0 spiro atoms. The number of hydrogen-bond donors (Lipinski definition) is 1. The SMILES string of the molecule is CCOc1ccccc1C(=O)Nc1cccc([N+](=O)[O-])c1C. The van der Waals surface area contributed by atoms with Crippen molar-refractivity contribution in [2.45, 2.75) is 13.8 Å². The number of nitro groups is 1. The van der Waals surface area contributed by atoms with Crippen LogP contribution < -0.4 is 10.1 Å². The average Bonchev–Trinajstić information content (AvgIpc) is 2.50. The van der Waals surface area contributed by atoms with Crippen LogP contribution in [0.2, 0.25) is 0 Å². The summed E-state index contributed by atoms with van der Waals surface area (Å²) in [7, 11) is 0. The van der Waals surface area contributed by atoms with Gasteiger partial charge < -0.3 is 10.1 Å². The second-order valence-corrected chi connectivity index (χ2v) is 4.59. The Morgan fingerprint density at radius 3 is 2.64 bits per heavy atom. The van der Waals surface area contributed by atoms with E-state index in [-0.39, 0.29) is 11.6 Å². The second kappa shape index (κ2) is 6.71. The fraction of sp³-hybridized carbons (Fsp3) is 0.188. The van der Waals surface area contributed by atoms with E-state index in [0.717, 1.165) is 0 Å². The molecule has 0 aliphatic heterocycles. The van der Waals surface area contributed by atoms with Crippen molar-refractivity contribution in [2.75, 3.05) is 11.9 Å². The number of para-hydroxylation sites is 1. The monoisotopic (exact) mass is 300 g/mol. The first kappa shape index (κ1) is 15.5. The lowest BCUT2D eigenvalue weighted by Gasteiger charge is -2.12. The number of carbonyl (C=O) groups excluding carboxylic acids is 1. The molecule has 0 aliphatic rings. The van der Waals surface area contributed by atoms with E-state index in [0.29, 0.717) is 29.2 Å². The van der Waals surface area contributed by atoms with Crippen molar-refractivity contribution >= 4 is 17.3 Å². The minimum Gasteiger partial charge on any atom is -0.493 e. The van der Waals surface area contributed by atoms with E-state index in [2.05, 4.69) is 5.32 Å². The van der Waals surface area contributed by atoms with Crippen LogP contribution in [0.1, 0.15) is 22.8 Å². The highest BCUT2D eigenvalue weighted by Crippen LogP contribution is 2.26. The molecule has 0 radical (unpaired) electrons. The molecule has 22 heavy (non-hydrogen) atoms. The summed E-state index contributed by atoms with van der Waals surface area (Å²) in [5.41, 5.74) is 1.17. The van der Waals surface area contributed by atoms with E-state index in [9.17, 15) is 14.9 Å². The zero-order valence-corrected chi connectivity index (χ0v) is 12.3. The van der Waals surface area contributed by atoms with Crippen molar-refractivity contribution in [3.8, 4) is 5.75 Å². The number of anilines is 1. The first-order chi connectivity index (χ1) is 10.5. The van der Waals surface area contributed by atoms with Crippen molar-refractivity contribution in [2.24, 2.45) is 0 Å². The van der Waals surface area contributed by atoms with E-state index in [1.807, 2.05) is 6.92 Å². The number of ether oxygens (including phenoxy) is 1. The number of rotatable bonds is 5. The highest BCUT2D eigenvalue weighted by Gasteiger charge is 2.17. The molecule has 114 valence electrons. The number of hydrogen-bond acceptors (Lipinski definition) is 4. The molecule has 0 aromatic heterocycles. The quantitative estimate of drug-likeness (QED) is 0.676. The van der Waals surface area contributed by atoms with Gasteiger partial charge in [-0.05, 0) is 32.0 Å². The molecular formula is C16H16N2O4. The van der Waals surface area contributed by atoms with Gasteiger partial charge in [-0.15, -0.1) is 0 Å². The van der Waals surface area contributed by atoms with Crippen LogP contribution in [0.4, 0.5) is 11.4 Å². The van der Waals surface area contributed by atoms with Gasteiger partial charge in [-0.3, -0.25) is 14.9 Å². The first-order valence-electron chi connectivity index (χ1n) is 6.81. The molecule has 0 aliphatic carbocycles. The third-order valence-corrected chi connectivity index (χ3v) is 3.18. The third kappa shape index (κ3) is 3.22. The molecule has 0 fully saturated rings. The molecule has 2 rings (SSSR count). The lowest BCUT2D eigenvalue weighted by molar-refractivity contribution is -0.385. The molecule has 2 aromatic carbocycles. The van der Waals surface area contributed by atoms with Crippen LogP contribution in [0.25, 0.3) is 0 Å². The number of nitro benzene ring substituents is 1. The Bertz CT molecular complexity index is 713. The number of benzene rings is 2. The van der Waals surface area contributed by atoms with Gasteiger partial charge in [-0.25, -0.2) is 0 Å². The molecular weight excluding hydrogens is 284 g/mol. The van der Waals surface area contributed by atoms with Gasteiger partial charge in [0.1, 0.15) is 5.75 Å². The Hall–Kier alpha value is -2.89. The summed E-state index contributed by atoms with van der Waals surface area (Å²) in [5, 5.41) is 13.6. The predicted octanol–water partition coefficient (Wildman–Crippen LogP) is 3.55. The van der Waals surface area contributed by atoms with Crippen LogP contribution in [0.5, 0.6) is 5.75 Å².